The second-order valence-electron chi connectivity index (χ2n) is 7.00. The van der Waals surface area contributed by atoms with Gasteiger partial charge in [-0.3, -0.25) is 4.79 Å². The standard InChI is InChI=1S/C20H29NO5/c1-12-7-6-8-16(13(12)2)21-19(22)14(3)26-17-10-9-15(20(23)25-5)11-18(17)24-4/h9-14,16H,6-8H2,1-5H3,(H,21,22)/t12-,13+,14+,16+/m0/s1. The molecular formula is C20H29NO5. The molecule has 1 aliphatic rings. The molecule has 0 aromatic heterocycles. The van der Waals surface area contributed by atoms with Crippen LogP contribution in [0.15, 0.2) is 18.2 Å². The summed E-state index contributed by atoms with van der Waals surface area (Å²) in [6.07, 6.45) is 2.68. The molecule has 0 heterocycles. The van der Waals surface area contributed by atoms with Crippen LogP contribution in [-0.4, -0.2) is 38.2 Å². The van der Waals surface area contributed by atoms with E-state index in [1.54, 1.807) is 19.1 Å². The van der Waals surface area contributed by atoms with E-state index < -0.39 is 12.1 Å². The highest BCUT2D eigenvalue weighted by Gasteiger charge is 2.30. The number of methoxy groups -OCH3 is 2. The molecule has 0 spiro atoms. The van der Waals surface area contributed by atoms with Crippen LogP contribution in [0.4, 0.5) is 0 Å². The Morgan fingerprint density at radius 1 is 1.15 bits per heavy atom. The number of benzene rings is 1. The molecule has 26 heavy (non-hydrogen) atoms. The molecule has 144 valence electrons. The van der Waals surface area contributed by atoms with Gasteiger partial charge in [0.25, 0.3) is 5.91 Å². The van der Waals surface area contributed by atoms with Crippen LogP contribution < -0.4 is 14.8 Å². The lowest BCUT2D eigenvalue weighted by Gasteiger charge is -2.35. The Hall–Kier alpha value is -2.24. The average Bonchev–Trinajstić information content (AvgIpc) is 2.64. The van der Waals surface area contributed by atoms with Crippen LogP contribution >= 0.6 is 0 Å². The normalized spacial score (nSPS) is 23.7. The predicted molar refractivity (Wildman–Crippen MR) is 98.5 cm³/mol. The number of hydrogen-bond donors (Lipinski definition) is 1. The Morgan fingerprint density at radius 3 is 2.54 bits per heavy atom. The van der Waals surface area contributed by atoms with Crippen molar-refractivity contribution in [3.63, 3.8) is 0 Å². The predicted octanol–water partition coefficient (Wildman–Crippen LogP) is 3.19. The molecular weight excluding hydrogens is 334 g/mol. The molecule has 1 N–H and O–H groups in total. The highest BCUT2D eigenvalue weighted by molar-refractivity contribution is 5.90. The fraction of sp³-hybridized carbons (Fsp3) is 0.600. The van der Waals surface area contributed by atoms with Gasteiger partial charge in [0.1, 0.15) is 0 Å². The average molecular weight is 363 g/mol. The molecule has 6 heteroatoms. The maximum Gasteiger partial charge on any atom is 0.337 e. The van der Waals surface area contributed by atoms with Gasteiger partial charge < -0.3 is 19.5 Å². The minimum Gasteiger partial charge on any atom is -0.493 e. The topological polar surface area (TPSA) is 73.9 Å². The lowest BCUT2D eigenvalue weighted by molar-refractivity contribution is -0.128. The van der Waals surface area contributed by atoms with E-state index in [4.69, 9.17) is 14.2 Å². The molecule has 1 aliphatic carbocycles. The van der Waals surface area contributed by atoms with Gasteiger partial charge in [0.15, 0.2) is 17.6 Å². The van der Waals surface area contributed by atoms with E-state index in [0.717, 1.165) is 12.8 Å². The quantitative estimate of drug-likeness (QED) is 0.786. The zero-order valence-corrected chi connectivity index (χ0v) is 16.2. The second-order valence-corrected chi connectivity index (χ2v) is 7.00. The van der Waals surface area contributed by atoms with Gasteiger partial charge in [-0.25, -0.2) is 4.79 Å². The maximum atomic E-state index is 12.5. The van der Waals surface area contributed by atoms with Crippen LogP contribution in [0.5, 0.6) is 11.5 Å². The summed E-state index contributed by atoms with van der Waals surface area (Å²) in [5.74, 6) is 1.25. The third kappa shape index (κ3) is 4.68. The molecule has 1 aromatic carbocycles. The van der Waals surface area contributed by atoms with Gasteiger partial charge in [-0.2, -0.15) is 0 Å². The summed E-state index contributed by atoms with van der Waals surface area (Å²) in [5, 5.41) is 3.12. The maximum absolute atomic E-state index is 12.5. The zero-order valence-electron chi connectivity index (χ0n) is 16.2. The molecule has 0 radical (unpaired) electrons. The van der Waals surface area contributed by atoms with Crippen molar-refractivity contribution in [3.8, 4) is 11.5 Å². The fourth-order valence-electron chi connectivity index (χ4n) is 3.34. The Bertz CT molecular complexity index is 645. The van der Waals surface area contributed by atoms with Gasteiger partial charge >= 0.3 is 5.97 Å². The SMILES string of the molecule is COC(=O)c1ccc(O[C@H](C)C(=O)N[C@@H]2CCC[C@H](C)[C@H]2C)c(OC)c1. The second kappa shape index (κ2) is 8.92. The van der Waals surface area contributed by atoms with Crippen LogP contribution in [0.2, 0.25) is 0 Å². The molecule has 2 rings (SSSR count). The van der Waals surface area contributed by atoms with Crippen molar-refractivity contribution in [3.05, 3.63) is 23.8 Å². The minimum atomic E-state index is -0.669. The molecule has 0 saturated heterocycles. The number of amides is 1. The first-order chi connectivity index (χ1) is 12.4. The Balaban J connectivity index is 2.03. The van der Waals surface area contributed by atoms with E-state index in [0.29, 0.717) is 28.9 Å². The number of ether oxygens (including phenoxy) is 3. The number of carbonyl (C=O) groups excluding carboxylic acids is 2. The van der Waals surface area contributed by atoms with Crippen LogP contribution in [0, 0.1) is 11.8 Å². The molecule has 0 bridgehead atoms. The van der Waals surface area contributed by atoms with Crippen molar-refractivity contribution >= 4 is 11.9 Å². The number of carbonyl (C=O) groups is 2. The molecule has 1 saturated carbocycles. The van der Waals surface area contributed by atoms with Gasteiger partial charge in [0.05, 0.1) is 19.8 Å². The largest absolute Gasteiger partial charge is 0.493 e. The van der Waals surface area contributed by atoms with Crippen molar-refractivity contribution in [1.82, 2.24) is 5.32 Å². The number of hydrogen-bond acceptors (Lipinski definition) is 5. The van der Waals surface area contributed by atoms with E-state index in [9.17, 15) is 9.59 Å². The van der Waals surface area contributed by atoms with E-state index >= 15 is 0 Å². The summed E-state index contributed by atoms with van der Waals surface area (Å²) in [4.78, 5) is 24.2. The van der Waals surface area contributed by atoms with E-state index in [1.807, 2.05) is 0 Å². The van der Waals surface area contributed by atoms with Crippen LogP contribution in [-0.2, 0) is 9.53 Å². The highest BCUT2D eigenvalue weighted by Crippen LogP contribution is 2.31. The summed E-state index contributed by atoms with van der Waals surface area (Å²) < 4.78 is 15.8. The molecule has 4 atom stereocenters. The first-order valence-electron chi connectivity index (χ1n) is 9.10. The molecule has 0 aliphatic heterocycles. The first kappa shape index (κ1) is 20.1. The third-order valence-electron chi connectivity index (χ3n) is 5.29. The lowest BCUT2D eigenvalue weighted by Crippen LogP contribution is -2.48. The number of esters is 1. The van der Waals surface area contributed by atoms with Crippen LogP contribution in [0.1, 0.15) is 50.4 Å². The van der Waals surface area contributed by atoms with Crippen molar-refractivity contribution in [2.75, 3.05) is 14.2 Å². The minimum absolute atomic E-state index is 0.143. The first-order valence-corrected chi connectivity index (χ1v) is 9.10. The number of rotatable bonds is 6. The van der Waals surface area contributed by atoms with Crippen molar-refractivity contribution < 1.29 is 23.8 Å². The summed E-state index contributed by atoms with van der Waals surface area (Å²) in [6, 6.07) is 4.91. The van der Waals surface area contributed by atoms with Gasteiger partial charge in [0.2, 0.25) is 0 Å². The summed E-state index contributed by atoms with van der Waals surface area (Å²) in [7, 11) is 2.80. The molecule has 1 fully saturated rings. The van der Waals surface area contributed by atoms with Crippen molar-refractivity contribution in [1.29, 1.82) is 0 Å². The Morgan fingerprint density at radius 2 is 1.88 bits per heavy atom. The molecule has 1 aromatic rings. The van der Waals surface area contributed by atoms with Gasteiger partial charge in [-0.15, -0.1) is 0 Å². The summed E-state index contributed by atoms with van der Waals surface area (Å²) in [5.41, 5.74) is 0.360. The smallest absolute Gasteiger partial charge is 0.337 e. The molecule has 0 unspecified atom stereocenters. The fourth-order valence-corrected chi connectivity index (χ4v) is 3.34. The number of nitrogens with one attached hydrogen (secondary N) is 1. The van der Waals surface area contributed by atoms with E-state index in [2.05, 4.69) is 19.2 Å². The molecule has 1 amide bonds. The molecule has 6 nitrogen and oxygen atoms in total. The van der Waals surface area contributed by atoms with Gasteiger partial charge in [-0.1, -0.05) is 26.7 Å². The van der Waals surface area contributed by atoms with Crippen molar-refractivity contribution in [2.24, 2.45) is 11.8 Å². The van der Waals surface area contributed by atoms with Crippen molar-refractivity contribution in [2.45, 2.75) is 52.2 Å². The lowest BCUT2D eigenvalue weighted by atomic mass is 9.78. The van der Waals surface area contributed by atoms with Crippen LogP contribution in [0.25, 0.3) is 0 Å². The summed E-state index contributed by atoms with van der Waals surface area (Å²) in [6.45, 7) is 6.13. The van der Waals surface area contributed by atoms with E-state index in [-0.39, 0.29) is 11.9 Å². The third-order valence-corrected chi connectivity index (χ3v) is 5.29. The van der Waals surface area contributed by atoms with Gasteiger partial charge in [0, 0.05) is 6.04 Å². The monoisotopic (exact) mass is 363 g/mol. The van der Waals surface area contributed by atoms with E-state index in [1.165, 1.54) is 26.7 Å². The Labute approximate surface area is 155 Å². The highest BCUT2D eigenvalue weighted by atomic mass is 16.5. The van der Waals surface area contributed by atoms with Gasteiger partial charge in [-0.05, 0) is 43.4 Å². The van der Waals surface area contributed by atoms with Crippen LogP contribution in [0.3, 0.4) is 0 Å². The Kier molecular flexibility index (Phi) is 6.89. The zero-order chi connectivity index (χ0) is 19.3. The summed E-state index contributed by atoms with van der Waals surface area (Å²) >= 11 is 0.